The van der Waals surface area contributed by atoms with Gasteiger partial charge >= 0.3 is 0 Å². The average Bonchev–Trinajstić information content (AvgIpc) is 2.75. The number of thiophene rings is 1. The zero-order valence-corrected chi connectivity index (χ0v) is 13.3. The van der Waals surface area contributed by atoms with Crippen molar-refractivity contribution in [2.45, 2.75) is 13.0 Å². The van der Waals surface area contributed by atoms with Gasteiger partial charge in [0.1, 0.15) is 0 Å². The molecular formula is C13H12BrClN2OS. The van der Waals surface area contributed by atoms with Gasteiger partial charge < -0.3 is 11.1 Å². The van der Waals surface area contributed by atoms with Crippen LogP contribution in [-0.4, -0.2) is 5.91 Å². The summed E-state index contributed by atoms with van der Waals surface area (Å²) < 4.78 is 1.55. The molecule has 0 spiro atoms. The Hall–Kier alpha value is -1.04. The smallest absolute Gasteiger partial charge is 0.253 e. The van der Waals surface area contributed by atoms with Crippen molar-refractivity contribution in [3.8, 4) is 0 Å². The molecule has 2 aromatic rings. The third kappa shape index (κ3) is 3.49. The summed E-state index contributed by atoms with van der Waals surface area (Å²) in [5, 5.41) is 2.90. The summed E-state index contributed by atoms with van der Waals surface area (Å²) in [6.07, 6.45) is 0. The molecule has 3 N–H and O–H groups in total. The highest BCUT2D eigenvalue weighted by atomic mass is 79.9. The summed E-state index contributed by atoms with van der Waals surface area (Å²) in [5.74, 6) is -0.193. The fraction of sp³-hybridized carbons (Fsp3) is 0.154. The van der Waals surface area contributed by atoms with E-state index in [2.05, 4.69) is 21.2 Å². The molecule has 0 fully saturated rings. The van der Waals surface area contributed by atoms with E-state index < -0.39 is 0 Å². The van der Waals surface area contributed by atoms with Crippen LogP contribution in [0.2, 0.25) is 4.34 Å². The summed E-state index contributed by atoms with van der Waals surface area (Å²) in [6.45, 7) is 1.91. The van der Waals surface area contributed by atoms with Crippen molar-refractivity contribution in [2.24, 2.45) is 0 Å². The Morgan fingerprint density at radius 3 is 2.74 bits per heavy atom. The number of anilines is 1. The Bertz CT molecular complexity index is 614. The van der Waals surface area contributed by atoms with Crippen LogP contribution in [0, 0.1) is 0 Å². The lowest BCUT2D eigenvalue weighted by atomic mass is 10.1. The number of nitrogen functional groups attached to an aromatic ring is 1. The van der Waals surface area contributed by atoms with Gasteiger partial charge in [0.25, 0.3) is 5.91 Å². The van der Waals surface area contributed by atoms with Crippen LogP contribution in [-0.2, 0) is 0 Å². The minimum Gasteiger partial charge on any atom is -0.398 e. The number of benzene rings is 1. The topological polar surface area (TPSA) is 55.1 Å². The van der Waals surface area contributed by atoms with Gasteiger partial charge in [0.05, 0.1) is 15.9 Å². The Morgan fingerprint density at radius 1 is 1.42 bits per heavy atom. The molecule has 1 unspecified atom stereocenters. The molecule has 1 heterocycles. The van der Waals surface area contributed by atoms with Gasteiger partial charge in [-0.3, -0.25) is 4.79 Å². The Morgan fingerprint density at radius 2 is 2.16 bits per heavy atom. The third-order valence-corrected chi connectivity index (χ3v) is 4.53. The summed E-state index contributed by atoms with van der Waals surface area (Å²) in [7, 11) is 0. The predicted octanol–water partition coefficient (Wildman–Crippen LogP) is 4.24. The van der Waals surface area contributed by atoms with Crippen LogP contribution in [0.15, 0.2) is 34.8 Å². The van der Waals surface area contributed by atoms with Crippen molar-refractivity contribution in [1.29, 1.82) is 0 Å². The monoisotopic (exact) mass is 358 g/mol. The molecule has 1 aromatic heterocycles. The van der Waals surface area contributed by atoms with Gasteiger partial charge in [0, 0.05) is 15.0 Å². The summed E-state index contributed by atoms with van der Waals surface area (Å²) >= 11 is 10.6. The van der Waals surface area contributed by atoms with Crippen molar-refractivity contribution in [3.63, 3.8) is 0 Å². The molecule has 19 heavy (non-hydrogen) atoms. The van der Waals surface area contributed by atoms with Crippen molar-refractivity contribution < 1.29 is 4.79 Å². The average molecular weight is 360 g/mol. The quantitative estimate of drug-likeness (QED) is 0.805. The Balaban J connectivity index is 2.12. The van der Waals surface area contributed by atoms with E-state index >= 15 is 0 Å². The van der Waals surface area contributed by atoms with E-state index in [0.29, 0.717) is 15.6 Å². The standard InChI is InChI=1S/C13H12BrClN2OS/c1-7(11-4-5-12(15)19-11)17-13(18)9-3-2-8(14)6-10(9)16/h2-7H,16H2,1H3,(H,17,18). The van der Waals surface area contributed by atoms with Crippen LogP contribution in [0.1, 0.15) is 28.2 Å². The fourth-order valence-corrected chi connectivity index (χ4v) is 3.09. The van der Waals surface area contributed by atoms with Crippen LogP contribution in [0.4, 0.5) is 5.69 Å². The molecule has 2 rings (SSSR count). The van der Waals surface area contributed by atoms with E-state index in [1.807, 2.05) is 19.1 Å². The Kier molecular flexibility index (Phi) is 4.50. The number of amides is 1. The SMILES string of the molecule is CC(NC(=O)c1ccc(Br)cc1N)c1ccc(Cl)s1. The number of rotatable bonds is 3. The lowest BCUT2D eigenvalue weighted by Gasteiger charge is -2.13. The molecule has 1 atom stereocenters. The molecule has 0 aliphatic carbocycles. The maximum atomic E-state index is 12.1. The minimum atomic E-state index is -0.193. The first-order valence-electron chi connectivity index (χ1n) is 5.58. The zero-order valence-electron chi connectivity index (χ0n) is 10.1. The molecule has 1 amide bonds. The molecule has 100 valence electrons. The largest absolute Gasteiger partial charge is 0.398 e. The summed E-state index contributed by atoms with van der Waals surface area (Å²) in [4.78, 5) is 13.1. The highest BCUT2D eigenvalue weighted by Crippen LogP contribution is 2.27. The third-order valence-electron chi connectivity index (χ3n) is 2.63. The van der Waals surface area contributed by atoms with Crippen LogP contribution < -0.4 is 11.1 Å². The first-order chi connectivity index (χ1) is 8.97. The normalized spacial score (nSPS) is 12.2. The number of carbonyl (C=O) groups is 1. The number of halogens is 2. The van der Waals surface area contributed by atoms with Gasteiger partial charge in [-0.25, -0.2) is 0 Å². The van der Waals surface area contributed by atoms with Gasteiger partial charge in [-0.2, -0.15) is 0 Å². The second-order valence-electron chi connectivity index (χ2n) is 4.07. The van der Waals surface area contributed by atoms with Gasteiger partial charge in [0.15, 0.2) is 0 Å². The summed E-state index contributed by atoms with van der Waals surface area (Å²) in [5.41, 5.74) is 6.75. The van der Waals surface area contributed by atoms with E-state index in [1.165, 1.54) is 11.3 Å². The molecule has 0 bridgehead atoms. The number of nitrogens with one attached hydrogen (secondary N) is 1. The first kappa shape index (κ1) is 14.4. The van der Waals surface area contributed by atoms with E-state index in [1.54, 1.807) is 18.2 Å². The zero-order chi connectivity index (χ0) is 14.0. The molecule has 0 radical (unpaired) electrons. The Labute approximate surface area is 128 Å². The first-order valence-corrected chi connectivity index (χ1v) is 7.57. The van der Waals surface area contributed by atoms with Crippen molar-refractivity contribution in [3.05, 3.63) is 49.6 Å². The fourth-order valence-electron chi connectivity index (χ4n) is 1.65. The number of carbonyl (C=O) groups excluding carboxylic acids is 1. The highest BCUT2D eigenvalue weighted by Gasteiger charge is 2.15. The maximum Gasteiger partial charge on any atom is 0.253 e. The van der Waals surface area contributed by atoms with Crippen molar-refractivity contribution in [1.82, 2.24) is 5.32 Å². The minimum absolute atomic E-state index is 0.104. The van der Waals surface area contributed by atoms with Gasteiger partial charge in [0.2, 0.25) is 0 Å². The molecular weight excluding hydrogens is 348 g/mol. The number of nitrogens with two attached hydrogens (primary N) is 1. The van der Waals surface area contributed by atoms with E-state index in [9.17, 15) is 4.79 Å². The van der Waals surface area contributed by atoms with E-state index in [0.717, 1.165) is 9.35 Å². The van der Waals surface area contributed by atoms with Crippen molar-refractivity contribution in [2.75, 3.05) is 5.73 Å². The highest BCUT2D eigenvalue weighted by molar-refractivity contribution is 9.10. The van der Waals surface area contributed by atoms with Gasteiger partial charge in [-0.15, -0.1) is 11.3 Å². The molecule has 0 saturated carbocycles. The van der Waals surface area contributed by atoms with E-state index in [-0.39, 0.29) is 11.9 Å². The van der Waals surface area contributed by atoms with Gasteiger partial charge in [-0.1, -0.05) is 27.5 Å². The van der Waals surface area contributed by atoms with Crippen LogP contribution >= 0.6 is 38.9 Å². The molecule has 6 heteroatoms. The lowest BCUT2D eigenvalue weighted by molar-refractivity contribution is 0.0941. The van der Waals surface area contributed by atoms with Crippen LogP contribution in [0.25, 0.3) is 0 Å². The van der Waals surface area contributed by atoms with E-state index in [4.69, 9.17) is 17.3 Å². The molecule has 0 aliphatic rings. The second kappa shape index (κ2) is 5.94. The number of hydrogen-bond acceptors (Lipinski definition) is 3. The molecule has 1 aromatic carbocycles. The van der Waals surface area contributed by atoms with Crippen molar-refractivity contribution >= 4 is 50.5 Å². The van der Waals surface area contributed by atoms with Crippen LogP contribution in [0.5, 0.6) is 0 Å². The molecule has 0 saturated heterocycles. The summed E-state index contributed by atoms with van der Waals surface area (Å²) in [6, 6.07) is 8.82. The lowest BCUT2D eigenvalue weighted by Crippen LogP contribution is -2.26. The molecule has 0 aliphatic heterocycles. The predicted molar refractivity (Wildman–Crippen MR) is 83.8 cm³/mol. The second-order valence-corrected chi connectivity index (χ2v) is 6.73. The maximum absolute atomic E-state index is 12.1. The van der Waals surface area contributed by atoms with Gasteiger partial charge in [-0.05, 0) is 37.3 Å². The number of hydrogen-bond donors (Lipinski definition) is 2. The molecule has 3 nitrogen and oxygen atoms in total. The van der Waals surface area contributed by atoms with Crippen LogP contribution in [0.3, 0.4) is 0 Å².